The molecule has 30 heavy (non-hydrogen) atoms. The standard InChI is InChI=1S/C17H23FN2O3.C2HF3O2/c1-22-9-16(21)19-10-17-11-20(7-14(17)8-23-12-17)6-13-2-4-15(18)5-3-13;3-2(4,5)1(6)7/h2-5,14H,6-12H2,1H3,(H,19,21);(H,6,7)/t14-,17+;/m1./s1. The van der Waals surface area contributed by atoms with Crippen LogP contribution in [0.3, 0.4) is 0 Å². The Morgan fingerprint density at radius 2 is 1.97 bits per heavy atom. The SMILES string of the molecule is COCC(=O)NC[C@]12COC[C@H]1CN(Cc1ccc(F)cc1)C2.O=C(O)C(F)(F)F. The molecule has 2 N–H and O–H groups in total. The van der Waals surface area contributed by atoms with Crippen molar-refractivity contribution in [2.45, 2.75) is 12.7 Å². The first-order valence-corrected chi connectivity index (χ1v) is 9.16. The Bertz CT molecular complexity index is 729. The maximum absolute atomic E-state index is 13.0. The average molecular weight is 436 g/mol. The molecule has 2 atom stereocenters. The highest BCUT2D eigenvalue weighted by Gasteiger charge is 2.50. The van der Waals surface area contributed by atoms with Gasteiger partial charge in [-0.15, -0.1) is 0 Å². The number of methoxy groups -OCH3 is 1. The van der Waals surface area contributed by atoms with Gasteiger partial charge in [0.15, 0.2) is 0 Å². The van der Waals surface area contributed by atoms with Crippen molar-refractivity contribution in [3.63, 3.8) is 0 Å². The number of hydrogen-bond donors (Lipinski definition) is 2. The summed E-state index contributed by atoms with van der Waals surface area (Å²) in [4.78, 5) is 22.9. The van der Waals surface area contributed by atoms with Crippen molar-refractivity contribution < 1.29 is 41.7 Å². The molecule has 1 aromatic carbocycles. The molecule has 7 nitrogen and oxygen atoms in total. The second-order valence-electron chi connectivity index (χ2n) is 7.38. The van der Waals surface area contributed by atoms with Gasteiger partial charge in [-0.05, 0) is 17.7 Å². The number of carboxylic acid groups (broad SMARTS) is 1. The predicted octanol–water partition coefficient (Wildman–Crippen LogP) is 1.67. The largest absolute Gasteiger partial charge is 0.490 e. The van der Waals surface area contributed by atoms with E-state index in [1.807, 2.05) is 12.1 Å². The van der Waals surface area contributed by atoms with Crippen LogP contribution in [0.4, 0.5) is 17.6 Å². The van der Waals surface area contributed by atoms with E-state index >= 15 is 0 Å². The highest BCUT2D eigenvalue weighted by molar-refractivity contribution is 5.77. The van der Waals surface area contributed by atoms with Gasteiger partial charge >= 0.3 is 12.1 Å². The van der Waals surface area contributed by atoms with E-state index in [1.165, 1.54) is 19.2 Å². The average Bonchev–Trinajstić information content (AvgIpc) is 3.19. The molecule has 168 valence electrons. The third kappa shape index (κ3) is 6.64. The van der Waals surface area contributed by atoms with Crippen LogP contribution in [-0.4, -0.2) is 74.6 Å². The van der Waals surface area contributed by atoms with E-state index in [0.29, 0.717) is 19.1 Å². The minimum absolute atomic E-state index is 0.0244. The fourth-order valence-corrected chi connectivity index (χ4v) is 3.62. The Kier molecular flexibility index (Phi) is 8.16. The quantitative estimate of drug-likeness (QED) is 0.660. The molecule has 1 aromatic rings. The number of likely N-dealkylation sites (tertiary alicyclic amines) is 1. The Morgan fingerprint density at radius 1 is 1.33 bits per heavy atom. The maximum atomic E-state index is 13.0. The molecular formula is C19H24F4N2O5. The summed E-state index contributed by atoms with van der Waals surface area (Å²) in [5.74, 6) is -2.64. The molecular weight excluding hydrogens is 412 g/mol. The summed E-state index contributed by atoms with van der Waals surface area (Å²) in [5.41, 5.74) is 1.08. The van der Waals surface area contributed by atoms with Crippen molar-refractivity contribution >= 4 is 11.9 Å². The summed E-state index contributed by atoms with van der Waals surface area (Å²) in [6, 6.07) is 6.64. The van der Waals surface area contributed by atoms with Crippen LogP contribution in [0, 0.1) is 17.2 Å². The van der Waals surface area contributed by atoms with Crippen molar-refractivity contribution in [1.29, 1.82) is 0 Å². The number of carbonyl (C=O) groups is 2. The van der Waals surface area contributed by atoms with E-state index in [2.05, 4.69) is 10.2 Å². The number of nitrogens with one attached hydrogen (secondary N) is 1. The normalized spacial score (nSPS) is 23.4. The zero-order valence-corrected chi connectivity index (χ0v) is 16.4. The van der Waals surface area contributed by atoms with E-state index in [1.54, 1.807) is 0 Å². The molecule has 2 heterocycles. The molecule has 0 aromatic heterocycles. The van der Waals surface area contributed by atoms with Gasteiger partial charge in [-0.3, -0.25) is 9.69 Å². The van der Waals surface area contributed by atoms with Crippen molar-refractivity contribution in [3.05, 3.63) is 35.6 Å². The van der Waals surface area contributed by atoms with Gasteiger partial charge in [0, 0.05) is 44.6 Å². The Balaban J connectivity index is 0.000000396. The Hall–Kier alpha value is -2.24. The fourth-order valence-electron chi connectivity index (χ4n) is 3.62. The number of nitrogens with zero attached hydrogens (tertiary/aromatic N) is 1. The fraction of sp³-hybridized carbons (Fsp3) is 0.579. The lowest BCUT2D eigenvalue weighted by Gasteiger charge is -2.27. The van der Waals surface area contributed by atoms with Crippen LogP contribution in [0.15, 0.2) is 24.3 Å². The zero-order chi connectivity index (χ0) is 22.4. The summed E-state index contributed by atoms with van der Waals surface area (Å²) in [7, 11) is 1.51. The molecule has 0 aliphatic carbocycles. The lowest BCUT2D eigenvalue weighted by Crippen LogP contribution is -2.44. The number of rotatable bonds is 6. The molecule has 3 rings (SSSR count). The van der Waals surface area contributed by atoms with E-state index in [-0.39, 0.29) is 23.7 Å². The van der Waals surface area contributed by atoms with Gasteiger partial charge in [-0.25, -0.2) is 9.18 Å². The van der Waals surface area contributed by atoms with Crippen molar-refractivity contribution in [2.24, 2.45) is 11.3 Å². The molecule has 2 saturated heterocycles. The van der Waals surface area contributed by atoms with Crippen LogP contribution in [0.1, 0.15) is 5.56 Å². The smallest absolute Gasteiger partial charge is 0.475 e. The monoisotopic (exact) mass is 436 g/mol. The van der Waals surface area contributed by atoms with Gasteiger partial charge in [0.25, 0.3) is 0 Å². The molecule has 0 spiro atoms. The van der Waals surface area contributed by atoms with Crippen LogP contribution in [0.25, 0.3) is 0 Å². The maximum Gasteiger partial charge on any atom is 0.490 e. The summed E-state index contributed by atoms with van der Waals surface area (Å²) in [6.45, 7) is 4.72. The number of amides is 1. The molecule has 0 bridgehead atoms. The number of carbonyl (C=O) groups excluding carboxylic acids is 1. The van der Waals surface area contributed by atoms with E-state index in [4.69, 9.17) is 19.4 Å². The molecule has 2 fully saturated rings. The lowest BCUT2D eigenvalue weighted by molar-refractivity contribution is -0.192. The van der Waals surface area contributed by atoms with Gasteiger partial charge < -0.3 is 19.9 Å². The highest BCUT2D eigenvalue weighted by atomic mass is 19.4. The summed E-state index contributed by atoms with van der Waals surface area (Å²) >= 11 is 0. The second-order valence-corrected chi connectivity index (χ2v) is 7.38. The second kappa shape index (κ2) is 10.2. The number of alkyl halides is 3. The van der Waals surface area contributed by atoms with Crippen molar-refractivity contribution in [1.82, 2.24) is 10.2 Å². The molecule has 0 radical (unpaired) electrons. The minimum Gasteiger partial charge on any atom is -0.475 e. The third-order valence-corrected chi connectivity index (χ3v) is 5.07. The zero-order valence-electron chi connectivity index (χ0n) is 16.4. The van der Waals surface area contributed by atoms with Crippen LogP contribution in [-0.2, 0) is 25.6 Å². The number of aliphatic carboxylic acids is 1. The predicted molar refractivity (Wildman–Crippen MR) is 97.0 cm³/mol. The number of ether oxygens (including phenoxy) is 2. The Labute approximate surface area is 170 Å². The first kappa shape index (κ1) is 24.0. The molecule has 2 aliphatic rings. The number of carboxylic acids is 1. The molecule has 1 amide bonds. The number of hydrogen-bond acceptors (Lipinski definition) is 5. The van der Waals surface area contributed by atoms with Gasteiger partial charge in [0.1, 0.15) is 12.4 Å². The van der Waals surface area contributed by atoms with Gasteiger partial charge in [-0.2, -0.15) is 13.2 Å². The summed E-state index contributed by atoms with van der Waals surface area (Å²) in [5, 5.41) is 10.1. The summed E-state index contributed by atoms with van der Waals surface area (Å²) in [6.07, 6.45) is -5.08. The summed E-state index contributed by atoms with van der Waals surface area (Å²) < 4.78 is 55.3. The van der Waals surface area contributed by atoms with Crippen molar-refractivity contribution in [2.75, 3.05) is 46.6 Å². The van der Waals surface area contributed by atoms with E-state index in [9.17, 15) is 22.4 Å². The van der Waals surface area contributed by atoms with Crippen LogP contribution in [0.2, 0.25) is 0 Å². The number of halogens is 4. The van der Waals surface area contributed by atoms with Crippen LogP contribution < -0.4 is 5.32 Å². The van der Waals surface area contributed by atoms with Crippen molar-refractivity contribution in [3.8, 4) is 0 Å². The van der Waals surface area contributed by atoms with E-state index in [0.717, 1.165) is 31.8 Å². The van der Waals surface area contributed by atoms with E-state index < -0.39 is 12.1 Å². The lowest BCUT2D eigenvalue weighted by atomic mass is 9.81. The van der Waals surface area contributed by atoms with Gasteiger partial charge in [0.2, 0.25) is 5.91 Å². The highest BCUT2D eigenvalue weighted by Crippen LogP contribution is 2.41. The van der Waals surface area contributed by atoms with Gasteiger partial charge in [-0.1, -0.05) is 12.1 Å². The number of benzene rings is 1. The first-order valence-electron chi connectivity index (χ1n) is 9.16. The topological polar surface area (TPSA) is 88.1 Å². The molecule has 0 saturated carbocycles. The third-order valence-electron chi connectivity index (χ3n) is 5.07. The Morgan fingerprint density at radius 3 is 2.53 bits per heavy atom. The molecule has 2 aliphatic heterocycles. The first-order chi connectivity index (χ1) is 14.1. The number of fused-ring (bicyclic) bond motifs is 1. The van der Waals surface area contributed by atoms with Gasteiger partial charge in [0.05, 0.1) is 13.2 Å². The minimum atomic E-state index is -5.08. The van der Waals surface area contributed by atoms with Crippen LogP contribution in [0.5, 0.6) is 0 Å². The van der Waals surface area contributed by atoms with Crippen LogP contribution >= 0.6 is 0 Å². The molecule has 11 heteroatoms. The molecule has 0 unspecified atom stereocenters.